The first kappa shape index (κ1) is 16.9. The van der Waals surface area contributed by atoms with Crippen molar-refractivity contribution in [2.45, 2.75) is 4.90 Å². The number of para-hydroxylation sites is 1. The molecule has 0 unspecified atom stereocenters. The SMILES string of the molecule is CN(C)S(=O)(=O)c1cccc(C(=O)Nc2ccccc2I)c1. The van der Waals surface area contributed by atoms with Crippen molar-refractivity contribution in [3.8, 4) is 0 Å². The van der Waals surface area contributed by atoms with E-state index >= 15 is 0 Å². The number of hydrogen-bond donors (Lipinski definition) is 1. The van der Waals surface area contributed by atoms with Crippen LogP contribution in [-0.2, 0) is 10.0 Å². The van der Waals surface area contributed by atoms with Crippen molar-refractivity contribution >= 4 is 44.2 Å². The van der Waals surface area contributed by atoms with Gasteiger partial charge in [-0.3, -0.25) is 4.79 Å². The lowest BCUT2D eigenvalue weighted by Gasteiger charge is -2.12. The number of halogens is 1. The molecule has 2 rings (SSSR count). The van der Waals surface area contributed by atoms with Crippen molar-refractivity contribution in [1.29, 1.82) is 0 Å². The van der Waals surface area contributed by atoms with E-state index in [1.807, 2.05) is 18.2 Å². The third-order valence-corrected chi connectivity index (χ3v) is 5.75. The maximum absolute atomic E-state index is 12.3. The van der Waals surface area contributed by atoms with Gasteiger partial charge in [0, 0.05) is 23.2 Å². The second kappa shape index (κ2) is 6.76. The Morgan fingerprint density at radius 2 is 1.77 bits per heavy atom. The van der Waals surface area contributed by atoms with E-state index in [1.54, 1.807) is 18.2 Å². The van der Waals surface area contributed by atoms with Gasteiger partial charge in [-0.25, -0.2) is 12.7 Å². The average Bonchev–Trinajstić information content (AvgIpc) is 2.49. The van der Waals surface area contributed by atoms with Crippen LogP contribution in [0, 0.1) is 3.57 Å². The number of carbonyl (C=O) groups is 1. The zero-order valence-electron chi connectivity index (χ0n) is 12.1. The third-order valence-electron chi connectivity index (χ3n) is 3.00. The molecule has 1 amide bonds. The molecule has 0 radical (unpaired) electrons. The minimum Gasteiger partial charge on any atom is -0.321 e. The number of sulfonamides is 1. The summed E-state index contributed by atoms with van der Waals surface area (Å²) in [6, 6.07) is 13.4. The quantitative estimate of drug-likeness (QED) is 0.759. The number of hydrogen-bond acceptors (Lipinski definition) is 3. The zero-order chi connectivity index (χ0) is 16.3. The van der Waals surface area contributed by atoms with E-state index in [0.29, 0.717) is 11.3 Å². The Kier molecular flexibility index (Phi) is 5.20. The van der Waals surface area contributed by atoms with Crippen molar-refractivity contribution in [3.63, 3.8) is 0 Å². The molecule has 0 spiro atoms. The largest absolute Gasteiger partial charge is 0.321 e. The molecule has 0 saturated heterocycles. The van der Waals surface area contributed by atoms with Gasteiger partial charge in [-0.05, 0) is 52.9 Å². The summed E-state index contributed by atoms with van der Waals surface area (Å²) in [6.07, 6.45) is 0. The molecule has 0 aliphatic carbocycles. The van der Waals surface area contributed by atoms with E-state index in [0.717, 1.165) is 7.88 Å². The van der Waals surface area contributed by atoms with Crippen molar-refractivity contribution in [2.75, 3.05) is 19.4 Å². The van der Waals surface area contributed by atoms with Crippen LogP contribution in [-0.4, -0.2) is 32.7 Å². The molecular formula is C15H15IN2O3S. The summed E-state index contributed by atoms with van der Waals surface area (Å²) in [5.74, 6) is -0.347. The van der Waals surface area contributed by atoms with E-state index in [1.165, 1.54) is 26.2 Å². The number of carbonyl (C=O) groups excluding carboxylic acids is 1. The Bertz CT molecular complexity index is 804. The molecule has 116 valence electrons. The number of anilines is 1. The van der Waals surface area contributed by atoms with Crippen molar-refractivity contribution in [1.82, 2.24) is 4.31 Å². The number of nitrogens with zero attached hydrogens (tertiary/aromatic N) is 1. The van der Waals surface area contributed by atoms with Crippen LogP contribution in [0.25, 0.3) is 0 Å². The molecule has 5 nitrogen and oxygen atoms in total. The number of amides is 1. The highest BCUT2D eigenvalue weighted by Gasteiger charge is 2.18. The molecule has 1 N–H and O–H groups in total. The van der Waals surface area contributed by atoms with Gasteiger partial charge in [0.2, 0.25) is 10.0 Å². The Balaban J connectivity index is 2.31. The first-order valence-electron chi connectivity index (χ1n) is 6.41. The lowest BCUT2D eigenvalue weighted by molar-refractivity contribution is 0.102. The van der Waals surface area contributed by atoms with Crippen LogP contribution in [0.3, 0.4) is 0 Å². The molecule has 0 bridgehead atoms. The van der Waals surface area contributed by atoms with Crippen LogP contribution in [0.4, 0.5) is 5.69 Å². The second-order valence-corrected chi connectivity index (χ2v) is 8.06. The molecule has 0 saturated carbocycles. The average molecular weight is 430 g/mol. The second-order valence-electron chi connectivity index (χ2n) is 4.75. The van der Waals surface area contributed by atoms with Gasteiger partial charge in [0.15, 0.2) is 0 Å². The van der Waals surface area contributed by atoms with E-state index in [-0.39, 0.29) is 10.8 Å². The number of rotatable bonds is 4. The topological polar surface area (TPSA) is 66.5 Å². The molecule has 2 aromatic carbocycles. The lowest BCUT2D eigenvalue weighted by atomic mass is 10.2. The van der Waals surface area contributed by atoms with Gasteiger partial charge in [-0.1, -0.05) is 18.2 Å². The van der Waals surface area contributed by atoms with Crippen LogP contribution in [0.15, 0.2) is 53.4 Å². The third kappa shape index (κ3) is 3.65. The predicted molar refractivity (Wildman–Crippen MR) is 94.4 cm³/mol. The standard InChI is InChI=1S/C15H15IN2O3S/c1-18(2)22(20,21)12-7-5-6-11(10-12)15(19)17-14-9-4-3-8-13(14)16/h3-10H,1-2H3,(H,17,19). The van der Waals surface area contributed by atoms with Crippen molar-refractivity contribution in [2.24, 2.45) is 0 Å². The summed E-state index contributed by atoms with van der Waals surface area (Å²) in [7, 11) is -0.657. The highest BCUT2D eigenvalue weighted by Crippen LogP contribution is 2.19. The van der Waals surface area contributed by atoms with Gasteiger partial charge in [0.1, 0.15) is 0 Å². The van der Waals surface area contributed by atoms with Crippen LogP contribution in [0.1, 0.15) is 10.4 Å². The molecule has 0 atom stereocenters. The van der Waals surface area contributed by atoms with Crippen molar-refractivity contribution in [3.05, 3.63) is 57.7 Å². The van der Waals surface area contributed by atoms with Gasteiger partial charge in [0.05, 0.1) is 10.6 Å². The Morgan fingerprint density at radius 3 is 2.41 bits per heavy atom. The minimum absolute atomic E-state index is 0.0907. The Hall–Kier alpha value is -1.45. The number of benzene rings is 2. The summed E-state index contributed by atoms with van der Waals surface area (Å²) >= 11 is 2.12. The fourth-order valence-electron chi connectivity index (χ4n) is 1.77. The molecule has 22 heavy (non-hydrogen) atoms. The molecule has 0 aliphatic rings. The monoisotopic (exact) mass is 430 g/mol. The first-order chi connectivity index (χ1) is 10.3. The summed E-state index contributed by atoms with van der Waals surface area (Å²) in [5.41, 5.74) is 0.983. The Labute approximate surface area is 143 Å². The normalized spacial score (nSPS) is 11.5. The highest BCUT2D eigenvalue weighted by molar-refractivity contribution is 14.1. The molecule has 0 heterocycles. The lowest BCUT2D eigenvalue weighted by Crippen LogP contribution is -2.22. The molecule has 0 aliphatic heterocycles. The van der Waals surface area contributed by atoms with Crippen molar-refractivity contribution < 1.29 is 13.2 Å². The molecule has 7 heteroatoms. The summed E-state index contributed by atoms with van der Waals surface area (Å²) in [4.78, 5) is 12.4. The minimum atomic E-state index is -3.56. The smallest absolute Gasteiger partial charge is 0.255 e. The van der Waals surface area contributed by atoms with Crippen LogP contribution in [0.5, 0.6) is 0 Å². The predicted octanol–water partition coefficient (Wildman–Crippen LogP) is 2.79. The fraction of sp³-hybridized carbons (Fsp3) is 0.133. The van der Waals surface area contributed by atoms with E-state index < -0.39 is 10.0 Å². The van der Waals surface area contributed by atoms with Gasteiger partial charge in [0.25, 0.3) is 5.91 Å². The van der Waals surface area contributed by atoms with Crippen LogP contribution >= 0.6 is 22.6 Å². The zero-order valence-corrected chi connectivity index (χ0v) is 15.1. The van der Waals surface area contributed by atoms with Gasteiger partial charge >= 0.3 is 0 Å². The fourth-order valence-corrected chi connectivity index (χ4v) is 3.24. The van der Waals surface area contributed by atoms with Gasteiger partial charge in [-0.2, -0.15) is 0 Å². The number of nitrogens with one attached hydrogen (secondary N) is 1. The van der Waals surface area contributed by atoms with Gasteiger partial charge in [-0.15, -0.1) is 0 Å². The molecular weight excluding hydrogens is 415 g/mol. The highest BCUT2D eigenvalue weighted by atomic mass is 127. The summed E-state index contributed by atoms with van der Waals surface area (Å²) in [5, 5.41) is 2.78. The van der Waals surface area contributed by atoms with E-state index in [9.17, 15) is 13.2 Å². The van der Waals surface area contributed by atoms with Gasteiger partial charge < -0.3 is 5.32 Å². The van der Waals surface area contributed by atoms with E-state index in [2.05, 4.69) is 27.9 Å². The van der Waals surface area contributed by atoms with E-state index in [4.69, 9.17) is 0 Å². The maximum atomic E-state index is 12.3. The summed E-state index contributed by atoms with van der Waals surface area (Å²) in [6.45, 7) is 0. The molecule has 2 aromatic rings. The Morgan fingerprint density at radius 1 is 1.09 bits per heavy atom. The van der Waals surface area contributed by atoms with Crippen LogP contribution < -0.4 is 5.32 Å². The van der Waals surface area contributed by atoms with Crippen LogP contribution in [0.2, 0.25) is 0 Å². The summed E-state index contributed by atoms with van der Waals surface area (Å²) < 4.78 is 26.2. The molecule has 0 fully saturated rings. The molecule has 0 aromatic heterocycles. The maximum Gasteiger partial charge on any atom is 0.255 e. The first-order valence-corrected chi connectivity index (χ1v) is 8.93.